The van der Waals surface area contributed by atoms with Crippen molar-refractivity contribution in [2.45, 2.75) is 65.3 Å². The maximum absolute atomic E-state index is 12.1. The fourth-order valence-electron chi connectivity index (χ4n) is 3.38. The number of benzene rings is 1. The first-order valence-electron chi connectivity index (χ1n) is 10.2. The van der Waals surface area contributed by atoms with Crippen LogP contribution in [0.3, 0.4) is 0 Å². The molecule has 1 aliphatic rings. The molecule has 1 aliphatic heterocycles. The lowest BCUT2D eigenvalue weighted by Gasteiger charge is -2.44. The summed E-state index contributed by atoms with van der Waals surface area (Å²) in [5, 5.41) is 10.1. The van der Waals surface area contributed by atoms with Crippen molar-refractivity contribution < 1.29 is 57.5 Å². The molecule has 1 saturated heterocycles. The molecular formula is C22H26O12. The second-order valence-corrected chi connectivity index (χ2v) is 7.39. The van der Waals surface area contributed by atoms with E-state index in [1.807, 2.05) is 0 Å². The van der Waals surface area contributed by atoms with Crippen molar-refractivity contribution in [1.82, 2.24) is 0 Å². The van der Waals surface area contributed by atoms with E-state index in [1.165, 1.54) is 25.1 Å². The second-order valence-electron chi connectivity index (χ2n) is 7.39. The van der Waals surface area contributed by atoms with Gasteiger partial charge in [0.25, 0.3) is 0 Å². The van der Waals surface area contributed by atoms with Gasteiger partial charge in [-0.15, -0.1) is 0 Å². The zero-order valence-electron chi connectivity index (χ0n) is 19.3. The lowest BCUT2D eigenvalue weighted by molar-refractivity contribution is -0.288. The van der Waals surface area contributed by atoms with Crippen molar-refractivity contribution in [3.63, 3.8) is 0 Å². The lowest BCUT2D eigenvalue weighted by atomic mass is 9.98. The minimum atomic E-state index is -1.53. The molecule has 0 radical (unpaired) electrons. The van der Waals surface area contributed by atoms with Crippen molar-refractivity contribution in [2.75, 3.05) is 6.61 Å². The molecule has 34 heavy (non-hydrogen) atoms. The standard InChI is InChI=1S/C22H26O12/c1-10(23)18-15(28)7-6-8-16(18)33-22-21(32-14(5)27)20(31-13(4)26)19(30-12(3)25)17(34-22)9-29-11(2)24/h6-8,17,19-22,28H,9H2,1-5H3/t17-,19-,20+,21-,22+/m1/s1. The molecule has 0 spiro atoms. The van der Waals surface area contributed by atoms with Crippen molar-refractivity contribution >= 4 is 29.7 Å². The molecule has 12 heteroatoms. The molecule has 1 heterocycles. The maximum atomic E-state index is 12.1. The zero-order valence-corrected chi connectivity index (χ0v) is 19.3. The van der Waals surface area contributed by atoms with Crippen LogP contribution < -0.4 is 4.74 Å². The third kappa shape index (κ3) is 6.91. The summed E-state index contributed by atoms with van der Waals surface area (Å²) in [6.45, 7) is 5.19. The summed E-state index contributed by atoms with van der Waals surface area (Å²) in [5.41, 5.74) is -0.171. The van der Waals surface area contributed by atoms with Crippen molar-refractivity contribution in [2.24, 2.45) is 0 Å². The number of phenols is 1. The summed E-state index contributed by atoms with van der Waals surface area (Å²) in [7, 11) is 0. The number of ketones is 1. The van der Waals surface area contributed by atoms with Crippen LogP contribution in [-0.4, -0.2) is 72.1 Å². The van der Waals surface area contributed by atoms with Gasteiger partial charge in [0.15, 0.2) is 18.0 Å². The van der Waals surface area contributed by atoms with E-state index >= 15 is 0 Å². The number of esters is 4. The van der Waals surface area contributed by atoms with E-state index in [4.69, 9.17) is 28.4 Å². The van der Waals surface area contributed by atoms with E-state index < -0.39 is 67.0 Å². The predicted octanol–water partition coefficient (Wildman–Crippen LogP) is 1.06. The minimum absolute atomic E-state index is 0.117. The molecule has 1 fully saturated rings. The van der Waals surface area contributed by atoms with Gasteiger partial charge in [0.2, 0.25) is 12.4 Å². The molecule has 0 unspecified atom stereocenters. The highest BCUT2D eigenvalue weighted by molar-refractivity contribution is 5.99. The summed E-state index contributed by atoms with van der Waals surface area (Å²) >= 11 is 0. The fourth-order valence-corrected chi connectivity index (χ4v) is 3.38. The molecule has 0 aromatic heterocycles. The van der Waals surface area contributed by atoms with Crippen LogP contribution in [-0.2, 0) is 42.9 Å². The summed E-state index contributed by atoms with van der Waals surface area (Å²) in [4.78, 5) is 58.9. The highest BCUT2D eigenvalue weighted by Crippen LogP contribution is 2.34. The molecule has 0 saturated carbocycles. The van der Waals surface area contributed by atoms with E-state index in [9.17, 15) is 29.1 Å². The quantitative estimate of drug-likeness (QED) is 0.319. The molecule has 2 rings (SSSR count). The van der Waals surface area contributed by atoms with E-state index in [0.717, 1.165) is 27.7 Å². The minimum Gasteiger partial charge on any atom is -0.507 e. The number of hydrogen-bond donors (Lipinski definition) is 1. The molecule has 5 atom stereocenters. The van der Waals surface area contributed by atoms with Crippen LogP contribution in [0.4, 0.5) is 0 Å². The van der Waals surface area contributed by atoms with Crippen molar-refractivity contribution in [3.8, 4) is 11.5 Å². The molecular weight excluding hydrogens is 456 g/mol. The number of aromatic hydroxyl groups is 1. The average Bonchev–Trinajstić information content (AvgIpc) is 2.69. The van der Waals surface area contributed by atoms with Crippen LogP contribution in [0.25, 0.3) is 0 Å². The number of carbonyl (C=O) groups is 5. The van der Waals surface area contributed by atoms with Crippen LogP contribution in [0, 0.1) is 0 Å². The highest BCUT2D eigenvalue weighted by Gasteiger charge is 2.53. The fraction of sp³-hybridized carbons (Fsp3) is 0.500. The number of hydrogen-bond acceptors (Lipinski definition) is 12. The third-order valence-electron chi connectivity index (χ3n) is 4.55. The summed E-state index contributed by atoms with van der Waals surface area (Å²) in [6, 6.07) is 4.05. The summed E-state index contributed by atoms with van der Waals surface area (Å²) < 4.78 is 32.5. The highest BCUT2D eigenvalue weighted by atomic mass is 16.7. The second kappa shape index (κ2) is 11.5. The number of phenolic OH excluding ortho intramolecular Hbond substituents is 1. The van der Waals surface area contributed by atoms with Crippen molar-refractivity contribution in [1.29, 1.82) is 0 Å². The number of rotatable bonds is 8. The van der Waals surface area contributed by atoms with Crippen LogP contribution >= 0.6 is 0 Å². The largest absolute Gasteiger partial charge is 0.507 e. The summed E-state index contributed by atoms with van der Waals surface area (Å²) in [5.74, 6) is -4.05. The Hall–Kier alpha value is -3.67. The van der Waals surface area contributed by atoms with E-state index in [2.05, 4.69) is 0 Å². The molecule has 1 aromatic carbocycles. The molecule has 0 amide bonds. The number of ether oxygens (including phenoxy) is 6. The number of carbonyl (C=O) groups excluding carboxylic acids is 5. The summed E-state index contributed by atoms with van der Waals surface area (Å²) in [6.07, 6.45) is -6.99. The van der Waals surface area contributed by atoms with E-state index in [-0.39, 0.29) is 17.1 Å². The zero-order chi connectivity index (χ0) is 25.6. The Morgan fingerprint density at radius 2 is 1.38 bits per heavy atom. The lowest BCUT2D eigenvalue weighted by Crippen LogP contribution is -2.63. The van der Waals surface area contributed by atoms with Gasteiger partial charge >= 0.3 is 23.9 Å². The van der Waals surface area contributed by atoms with Crippen LogP contribution in [0.15, 0.2) is 18.2 Å². The Balaban J connectivity index is 2.55. The predicted molar refractivity (Wildman–Crippen MR) is 111 cm³/mol. The van der Waals surface area contributed by atoms with Gasteiger partial charge in [0.05, 0.1) is 0 Å². The molecule has 12 nitrogen and oxygen atoms in total. The van der Waals surface area contributed by atoms with Crippen molar-refractivity contribution in [3.05, 3.63) is 23.8 Å². The van der Waals surface area contributed by atoms with Gasteiger partial charge in [-0.1, -0.05) is 6.07 Å². The molecule has 186 valence electrons. The first kappa shape index (κ1) is 26.6. The van der Waals surface area contributed by atoms with Gasteiger partial charge in [-0.25, -0.2) is 0 Å². The molecule has 0 bridgehead atoms. The van der Waals surface area contributed by atoms with Gasteiger partial charge in [-0.3, -0.25) is 24.0 Å². The van der Waals surface area contributed by atoms with Gasteiger partial charge in [0.1, 0.15) is 29.8 Å². The van der Waals surface area contributed by atoms with Gasteiger partial charge in [0, 0.05) is 27.7 Å². The van der Waals surface area contributed by atoms with Crippen LogP contribution in [0.5, 0.6) is 11.5 Å². The Labute approximate surface area is 195 Å². The third-order valence-corrected chi connectivity index (χ3v) is 4.55. The maximum Gasteiger partial charge on any atom is 0.303 e. The van der Waals surface area contributed by atoms with E-state index in [0.29, 0.717) is 0 Å². The monoisotopic (exact) mass is 482 g/mol. The first-order chi connectivity index (χ1) is 15.9. The Morgan fingerprint density at radius 3 is 1.91 bits per heavy atom. The normalized spacial score (nSPS) is 23.9. The first-order valence-corrected chi connectivity index (χ1v) is 10.2. The van der Waals surface area contributed by atoms with Crippen LogP contribution in [0.1, 0.15) is 45.0 Å². The topological polar surface area (TPSA) is 161 Å². The Morgan fingerprint density at radius 1 is 0.824 bits per heavy atom. The van der Waals surface area contributed by atoms with E-state index in [1.54, 1.807) is 0 Å². The van der Waals surface area contributed by atoms with Gasteiger partial charge in [-0.05, 0) is 19.1 Å². The van der Waals surface area contributed by atoms with Gasteiger partial charge in [-0.2, -0.15) is 0 Å². The Kier molecular flexibility index (Phi) is 8.96. The average molecular weight is 482 g/mol. The number of Topliss-reactive ketones (excluding diaryl/α,β-unsaturated/α-hetero) is 1. The molecule has 1 N–H and O–H groups in total. The Bertz CT molecular complexity index is 955. The van der Waals surface area contributed by atoms with Gasteiger partial charge < -0.3 is 33.5 Å². The molecule has 1 aromatic rings. The van der Waals surface area contributed by atoms with Crippen LogP contribution in [0.2, 0.25) is 0 Å². The smallest absolute Gasteiger partial charge is 0.303 e. The SMILES string of the molecule is CC(=O)OC[C@H]1O[C@H](Oc2cccc(O)c2C(C)=O)[C@H](OC(C)=O)[C@@H](OC(C)=O)[C@@H]1OC(C)=O. The molecule has 0 aliphatic carbocycles.